The lowest BCUT2D eigenvalue weighted by molar-refractivity contribution is -0.387. The number of methoxy groups -OCH3 is 1. The van der Waals surface area contributed by atoms with Gasteiger partial charge in [0.1, 0.15) is 12.4 Å². The van der Waals surface area contributed by atoms with Crippen molar-refractivity contribution < 1.29 is 28.4 Å². The van der Waals surface area contributed by atoms with E-state index in [2.05, 4.69) is 5.32 Å². The Morgan fingerprint density at radius 3 is 2.68 bits per heavy atom. The summed E-state index contributed by atoms with van der Waals surface area (Å²) in [4.78, 5) is 36.2. The normalized spacial score (nSPS) is 15.7. The Bertz CT molecular complexity index is 966. The van der Waals surface area contributed by atoms with Crippen LogP contribution in [0, 0.1) is 21.8 Å². The number of benzene rings is 2. The standard InChI is InChI=1S/C21H22FN3O6/c1-30-8-9-31-17-5-2-14(3-6-17)12-23-21(27)15-10-20(26)24(13-15)16-4-7-18(22)19(11-16)25(28)29/h2-7,11,15H,8-10,12-13H2,1H3,(H,23,27). The lowest BCUT2D eigenvalue weighted by Crippen LogP contribution is -2.32. The second-order valence-electron chi connectivity index (χ2n) is 7.00. The van der Waals surface area contributed by atoms with Crippen LogP contribution in [0.25, 0.3) is 0 Å². The van der Waals surface area contributed by atoms with Crippen LogP contribution in [0.2, 0.25) is 0 Å². The molecule has 9 nitrogen and oxygen atoms in total. The lowest BCUT2D eigenvalue weighted by atomic mass is 10.1. The fourth-order valence-corrected chi connectivity index (χ4v) is 3.22. The van der Waals surface area contributed by atoms with Gasteiger partial charge in [0.2, 0.25) is 17.6 Å². The minimum atomic E-state index is -0.982. The second-order valence-corrected chi connectivity index (χ2v) is 7.00. The molecule has 3 rings (SSSR count). The molecule has 0 saturated carbocycles. The van der Waals surface area contributed by atoms with Crippen LogP contribution in [0.4, 0.5) is 15.8 Å². The molecule has 1 heterocycles. The van der Waals surface area contributed by atoms with Crippen LogP contribution in [0.15, 0.2) is 42.5 Å². The van der Waals surface area contributed by atoms with E-state index in [1.807, 2.05) is 12.1 Å². The summed E-state index contributed by atoms with van der Waals surface area (Å²) in [7, 11) is 1.59. The van der Waals surface area contributed by atoms with Gasteiger partial charge in [0.25, 0.3) is 0 Å². The highest BCUT2D eigenvalue weighted by atomic mass is 19.1. The van der Waals surface area contributed by atoms with E-state index in [0.717, 1.165) is 17.7 Å². The van der Waals surface area contributed by atoms with Crippen molar-refractivity contribution >= 4 is 23.2 Å². The number of rotatable bonds is 9. The minimum absolute atomic E-state index is 0.0245. The second kappa shape index (κ2) is 9.98. The van der Waals surface area contributed by atoms with Crippen LogP contribution < -0.4 is 15.0 Å². The van der Waals surface area contributed by atoms with Gasteiger partial charge in [-0.2, -0.15) is 4.39 Å². The van der Waals surface area contributed by atoms with Crippen molar-refractivity contribution in [2.24, 2.45) is 5.92 Å². The predicted molar refractivity (Wildman–Crippen MR) is 109 cm³/mol. The van der Waals surface area contributed by atoms with E-state index >= 15 is 0 Å². The number of nitro groups is 1. The van der Waals surface area contributed by atoms with Gasteiger partial charge in [-0.25, -0.2) is 0 Å². The molecule has 1 unspecified atom stereocenters. The molecule has 0 bridgehead atoms. The summed E-state index contributed by atoms with van der Waals surface area (Å²) >= 11 is 0. The largest absolute Gasteiger partial charge is 0.491 e. The quantitative estimate of drug-likeness (QED) is 0.371. The molecular weight excluding hydrogens is 409 g/mol. The molecule has 2 amide bonds. The third-order valence-corrected chi connectivity index (χ3v) is 4.88. The number of halogens is 1. The first-order chi connectivity index (χ1) is 14.9. The van der Waals surface area contributed by atoms with E-state index in [4.69, 9.17) is 9.47 Å². The summed E-state index contributed by atoms with van der Waals surface area (Å²) < 4.78 is 24.0. The molecule has 0 spiro atoms. The SMILES string of the molecule is COCCOc1ccc(CNC(=O)C2CC(=O)N(c3ccc(F)c([N+](=O)[O-])c3)C2)cc1. The summed E-state index contributed by atoms with van der Waals surface area (Å²) in [5.41, 5.74) is 0.341. The van der Waals surface area contributed by atoms with Crippen molar-refractivity contribution in [3.05, 3.63) is 64.0 Å². The van der Waals surface area contributed by atoms with Gasteiger partial charge in [0, 0.05) is 32.7 Å². The van der Waals surface area contributed by atoms with Gasteiger partial charge in [-0.3, -0.25) is 19.7 Å². The van der Waals surface area contributed by atoms with Crippen LogP contribution >= 0.6 is 0 Å². The molecule has 2 aromatic rings. The maximum Gasteiger partial charge on any atom is 0.306 e. The molecule has 10 heteroatoms. The smallest absolute Gasteiger partial charge is 0.306 e. The summed E-state index contributed by atoms with van der Waals surface area (Å²) in [5, 5.41) is 13.7. The van der Waals surface area contributed by atoms with Crippen molar-refractivity contribution in [3.63, 3.8) is 0 Å². The zero-order valence-corrected chi connectivity index (χ0v) is 16.9. The summed E-state index contributed by atoms with van der Waals surface area (Å²) in [5.74, 6) is -1.54. The third-order valence-electron chi connectivity index (χ3n) is 4.88. The van der Waals surface area contributed by atoms with Crippen LogP contribution in [-0.4, -0.2) is 43.6 Å². The van der Waals surface area contributed by atoms with Gasteiger partial charge < -0.3 is 19.7 Å². The van der Waals surface area contributed by atoms with Crippen LogP contribution in [0.5, 0.6) is 5.75 Å². The average molecular weight is 431 g/mol. The summed E-state index contributed by atoms with van der Waals surface area (Å²) in [6, 6.07) is 10.5. The van der Waals surface area contributed by atoms with Crippen molar-refractivity contribution in [2.75, 3.05) is 31.8 Å². The van der Waals surface area contributed by atoms with E-state index in [0.29, 0.717) is 19.0 Å². The van der Waals surface area contributed by atoms with Crippen LogP contribution in [0.1, 0.15) is 12.0 Å². The Kier molecular flexibility index (Phi) is 7.14. The molecule has 0 radical (unpaired) electrons. The highest BCUT2D eigenvalue weighted by molar-refractivity contribution is 6.00. The van der Waals surface area contributed by atoms with E-state index in [1.54, 1.807) is 19.2 Å². The minimum Gasteiger partial charge on any atom is -0.491 e. The van der Waals surface area contributed by atoms with Crippen molar-refractivity contribution in [3.8, 4) is 5.75 Å². The third kappa shape index (κ3) is 5.54. The highest BCUT2D eigenvalue weighted by Crippen LogP contribution is 2.29. The zero-order chi connectivity index (χ0) is 22.4. The molecule has 2 aromatic carbocycles. The maximum atomic E-state index is 13.6. The van der Waals surface area contributed by atoms with Gasteiger partial charge in [0.15, 0.2) is 0 Å². The molecule has 1 aliphatic rings. The van der Waals surface area contributed by atoms with Crippen molar-refractivity contribution in [1.82, 2.24) is 5.32 Å². The molecule has 1 atom stereocenters. The van der Waals surface area contributed by atoms with Crippen molar-refractivity contribution in [1.29, 1.82) is 0 Å². The van der Waals surface area contributed by atoms with E-state index in [1.165, 1.54) is 11.0 Å². The fourth-order valence-electron chi connectivity index (χ4n) is 3.22. The van der Waals surface area contributed by atoms with Gasteiger partial charge in [0.05, 0.1) is 23.1 Å². The topological polar surface area (TPSA) is 111 Å². The van der Waals surface area contributed by atoms with E-state index < -0.39 is 22.3 Å². The summed E-state index contributed by atoms with van der Waals surface area (Å²) in [6.07, 6.45) is -0.0245. The first-order valence-electron chi connectivity index (χ1n) is 9.61. The molecule has 31 heavy (non-hydrogen) atoms. The van der Waals surface area contributed by atoms with Gasteiger partial charge in [-0.1, -0.05) is 12.1 Å². The molecular formula is C21H22FN3O6. The van der Waals surface area contributed by atoms with Gasteiger partial charge in [-0.15, -0.1) is 0 Å². The number of carbonyl (C=O) groups is 2. The number of amides is 2. The number of ether oxygens (including phenoxy) is 2. The number of hydrogen-bond donors (Lipinski definition) is 1. The lowest BCUT2D eigenvalue weighted by Gasteiger charge is -2.16. The Balaban J connectivity index is 1.56. The molecule has 0 aliphatic carbocycles. The first-order valence-corrected chi connectivity index (χ1v) is 9.61. The number of anilines is 1. The molecule has 1 N–H and O–H groups in total. The Labute approximate surface area is 177 Å². The molecule has 1 fully saturated rings. The summed E-state index contributed by atoms with van der Waals surface area (Å²) in [6.45, 7) is 1.28. The number of nitro benzene ring substituents is 1. The maximum absolute atomic E-state index is 13.6. The predicted octanol–water partition coefficient (Wildman–Crippen LogP) is 2.43. The molecule has 164 valence electrons. The highest BCUT2D eigenvalue weighted by Gasteiger charge is 2.35. The van der Waals surface area contributed by atoms with Crippen LogP contribution in [0.3, 0.4) is 0 Å². The number of carbonyl (C=O) groups excluding carboxylic acids is 2. The van der Waals surface area contributed by atoms with Gasteiger partial charge in [-0.05, 0) is 29.8 Å². The number of hydrogen-bond acceptors (Lipinski definition) is 6. The average Bonchev–Trinajstić information content (AvgIpc) is 3.15. The Morgan fingerprint density at radius 2 is 2.00 bits per heavy atom. The molecule has 1 saturated heterocycles. The van der Waals surface area contributed by atoms with Crippen molar-refractivity contribution in [2.45, 2.75) is 13.0 Å². The monoisotopic (exact) mass is 431 g/mol. The zero-order valence-electron chi connectivity index (χ0n) is 16.9. The number of nitrogens with one attached hydrogen (secondary N) is 1. The van der Waals surface area contributed by atoms with E-state index in [9.17, 15) is 24.1 Å². The first kappa shape index (κ1) is 22.2. The molecule has 1 aliphatic heterocycles. The Morgan fingerprint density at radius 1 is 1.26 bits per heavy atom. The molecule has 0 aromatic heterocycles. The fraction of sp³-hybridized carbons (Fsp3) is 0.333. The number of nitrogens with zero attached hydrogens (tertiary/aromatic N) is 2. The van der Waals surface area contributed by atoms with E-state index in [-0.39, 0.29) is 37.0 Å². The van der Waals surface area contributed by atoms with Crippen LogP contribution in [-0.2, 0) is 20.9 Å². The van der Waals surface area contributed by atoms with Gasteiger partial charge >= 0.3 is 5.69 Å². The Hall–Kier alpha value is -3.53.